The zero-order valence-electron chi connectivity index (χ0n) is 5.64. The van der Waals surface area contributed by atoms with Gasteiger partial charge in [0, 0.05) is 5.02 Å². The lowest BCUT2D eigenvalue weighted by Gasteiger charge is -1.90. The number of rotatable bonds is 0. The van der Waals surface area contributed by atoms with Crippen molar-refractivity contribution in [1.82, 2.24) is 4.98 Å². The Morgan fingerprint density at radius 2 is 2.25 bits per heavy atom. The fourth-order valence-electron chi connectivity index (χ4n) is 0.930. The molecule has 0 unspecified atom stereocenters. The van der Waals surface area contributed by atoms with E-state index >= 15 is 0 Å². The summed E-state index contributed by atoms with van der Waals surface area (Å²) >= 11 is 10.2. The molecular formula is C7H2BrClFNS. The lowest BCUT2D eigenvalue weighted by Crippen LogP contribution is -1.76. The molecule has 1 aromatic carbocycles. The first-order valence-corrected chi connectivity index (χ1v) is 5.06. The third-order valence-electron chi connectivity index (χ3n) is 1.39. The lowest BCUT2D eigenvalue weighted by molar-refractivity contribution is 0.637. The van der Waals surface area contributed by atoms with Gasteiger partial charge in [-0.3, -0.25) is 0 Å². The van der Waals surface area contributed by atoms with E-state index in [0.717, 1.165) is 4.70 Å². The van der Waals surface area contributed by atoms with Gasteiger partial charge in [0.15, 0.2) is 9.73 Å². The summed E-state index contributed by atoms with van der Waals surface area (Å²) in [5, 5.41) is 0.399. The van der Waals surface area contributed by atoms with Gasteiger partial charge >= 0.3 is 0 Å². The van der Waals surface area contributed by atoms with E-state index in [9.17, 15) is 4.39 Å². The zero-order valence-corrected chi connectivity index (χ0v) is 8.80. The Morgan fingerprint density at radius 3 is 3.00 bits per heavy atom. The number of thiazole rings is 1. The lowest BCUT2D eigenvalue weighted by atomic mass is 10.3. The van der Waals surface area contributed by atoms with E-state index in [2.05, 4.69) is 20.9 Å². The SMILES string of the molecule is Fc1cc(Cl)cc2sc(Br)nc12. The molecule has 0 saturated carbocycles. The molecule has 12 heavy (non-hydrogen) atoms. The van der Waals surface area contributed by atoms with Gasteiger partial charge in [0.2, 0.25) is 0 Å². The second kappa shape index (κ2) is 2.94. The molecule has 2 rings (SSSR count). The highest BCUT2D eigenvalue weighted by atomic mass is 79.9. The van der Waals surface area contributed by atoms with E-state index in [0.29, 0.717) is 14.5 Å². The van der Waals surface area contributed by atoms with E-state index in [-0.39, 0.29) is 5.82 Å². The Balaban J connectivity index is 2.88. The van der Waals surface area contributed by atoms with Gasteiger partial charge in [-0.15, -0.1) is 11.3 Å². The molecule has 0 aliphatic carbocycles. The number of fused-ring (bicyclic) bond motifs is 1. The summed E-state index contributed by atoms with van der Waals surface area (Å²) in [5.41, 5.74) is 0.372. The second-order valence-electron chi connectivity index (χ2n) is 2.20. The molecule has 0 aliphatic rings. The number of halogens is 3. The average molecular weight is 267 g/mol. The molecule has 62 valence electrons. The summed E-state index contributed by atoms with van der Waals surface area (Å²) in [6, 6.07) is 2.96. The molecule has 0 fully saturated rings. The number of hydrogen-bond acceptors (Lipinski definition) is 2. The topological polar surface area (TPSA) is 12.9 Å². The number of nitrogens with zero attached hydrogens (tertiary/aromatic N) is 1. The van der Waals surface area contributed by atoms with Crippen molar-refractivity contribution in [1.29, 1.82) is 0 Å². The van der Waals surface area contributed by atoms with Gasteiger partial charge in [-0.25, -0.2) is 9.37 Å². The van der Waals surface area contributed by atoms with Crippen LogP contribution in [0.15, 0.2) is 16.0 Å². The summed E-state index contributed by atoms with van der Waals surface area (Å²) in [5.74, 6) is -0.376. The number of benzene rings is 1. The highest BCUT2D eigenvalue weighted by Gasteiger charge is 2.07. The quantitative estimate of drug-likeness (QED) is 0.706. The first-order chi connectivity index (χ1) is 5.66. The van der Waals surface area contributed by atoms with Crippen molar-refractivity contribution < 1.29 is 4.39 Å². The fourth-order valence-corrected chi connectivity index (χ4v) is 2.64. The molecule has 0 saturated heterocycles. The Hall–Kier alpha value is -0.190. The van der Waals surface area contributed by atoms with Crippen LogP contribution in [0.5, 0.6) is 0 Å². The van der Waals surface area contributed by atoms with Gasteiger partial charge < -0.3 is 0 Å². The Morgan fingerprint density at radius 1 is 1.50 bits per heavy atom. The minimum atomic E-state index is -0.376. The van der Waals surface area contributed by atoms with Crippen molar-refractivity contribution in [3.05, 3.63) is 26.9 Å². The first kappa shape index (κ1) is 8.41. The predicted octanol–water partition coefficient (Wildman–Crippen LogP) is 3.85. The van der Waals surface area contributed by atoms with Gasteiger partial charge in [0.1, 0.15) is 5.52 Å². The van der Waals surface area contributed by atoms with Crippen LogP contribution in [-0.2, 0) is 0 Å². The standard InChI is InChI=1S/C7H2BrClFNS/c8-7-11-6-4(10)1-3(9)2-5(6)12-7/h1-2H. The Labute approximate surface area is 85.3 Å². The van der Waals surface area contributed by atoms with E-state index in [1.807, 2.05) is 0 Å². The minimum absolute atomic E-state index is 0.372. The van der Waals surface area contributed by atoms with Gasteiger partial charge in [0.05, 0.1) is 4.70 Å². The molecule has 0 bridgehead atoms. The average Bonchev–Trinajstić information content (AvgIpc) is 2.29. The van der Waals surface area contributed by atoms with Gasteiger partial charge in [-0.05, 0) is 28.1 Å². The molecule has 5 heteroatoms. The highest BCUT2D eigenvalue weighted by Crippen LogP contribution is 2.30. The maximum absolute atomic E-state index is 13.1. The van der Waals surface area contributed by atoms with Crippen LogP contribution in [0, 0.1) is 5.82 Å². The largest absolute Gasteiger partial charge is 0.226 e. The van der Waals surface area contributed by atoms with Crippen LogP contribution in [-0.4, -0.2) is 4.98 Å². The fraction of sp³-hybridized carbons (Fsp3) is 0. The molecule has 1 nitrogen and oxygen atoms in total. The summed E-state index contributed by atoms with van der Waals surface area (Å²) in [6.45, 7) is 0. The summed E-state index contributed by atoms with van der Waals surface area (Å²) in [7, 11) is 0. The Bertz CT molecular complexity index is 442. The van der Waals surface area contributed by atoms with Crippen LogP contribution in [0.1, 0.15) is 0 Å². The third-order valence-corrected chi connectivity index (χ3v) is 3.06. The van der Waals surface area contributed by atoms with Gasteiger partial charge in [-0.1, -0.05) is 11.6 Å². The Kier molecular flexibility index (Phi) is 2.06. The van der Waals surface area contributed by atoms with Crippen LogP contribution in [0.4, 0.5) is 4.39 Å². The van der Waals surface area contributed by atoms with Crippen molar-refractivity contribution >= 4 is 49.1 Å². The molecule has 0 N–H and O–H groups in total. The smallest absolute Gasteiger partial charge is 0.160 e. The molecule has 0 atom stereocenters. The molecule has 0 aliphatic heterocycles. The summed E-state index contributed by atoms with van der Waals surface area (Å²) < 4.78 is 14.5. The van der Waals surface area contributed by atoms with Crippen LogP contribution in [0.25, 0.3) is 10.2 Å². The number of aromatic nitrogens is 1. The second-order valence-corrected chi connectivity index (χ2v) is 4.94. The molecule has 0 spiro atoms. The monoisotopic (exact) mass is 265 g/mol. The van der Waals surface area contributed by atoms with E-state index in [1.165, 1.54) is 17.4 Å². The maximum Gasteiger partial charge on any atom is 0.160 e. The van der Waals surface area contributed by atoms with Crippen LogP contribution in [0.3, 0.4) is 0 Å². The maximum atomic E-state index is 13.1. The molecule has 2 aromatic rings. The number of hydrogen-bond donors (Lipinski definition) is 0. The van der Waals surface area contributed by atoms with Crippen molar-refractivity contribution in [2.45, 2.75) is 0 Å². The minimum Gasteiger partial charge on any atom is -0.226 e. The predicted molar refractivity (Wildman–Crippen MR) is 52.3 cm³/mol. The molecule has 1 heterocycles. The van der Waals surface area contributed by atoms with Crippen molar-refractivity contribution in [2.24, 2.45) is 0 Å². The van der Waals surface area contributed by atoms with Gasteiger partial charge in [0.25, 0.3) is 0 Å². The van der Waals surface area contributed by atoms with E-state index in [1.54, 1.807) is 6.07 Å². The van der Waals surface area contributed by atoms with E-state index < -0.39 is 0 Å². The van der Waals surface area contributed by atoms with Gasteiger partial charge in [-0.2, -0.15) is 0 Å². The van der Waals surface area contributed by atoms with Crippen LogP contribution in [0.2, 0.25) is 5.02 Å². The van der Waals surface area contributed by atoms with Crippen LogP contribution < -0.4 is 0 Å². The summed E-state index contributed by atoms with van der Waals surface area (Å²) in [6.07, 6.45) is 0. The summed E-state index contributed by atoms with van der Waals surface area (Å²) in [4.78, 5) is 3.96. The molecule has 0 amide bonds. The highest BCUT2D eigenvalue weighted by molar-refractivity contribution is 9.11. The first-order valence-electron chi connectivity index (χ1n) is 3.08. The third kappa shape index (κ3) is 1.34. The van der Waals surface area contributed by atoms with Crippen molar-refractivity contribution in [3.8, 4) is 0 Å². The molecule has 1 aromatic heterocycles. The normalized spacial score (nSPS) is 10.9. The van der Waals surface area contributed by atoms with Crippen molar-refractivity contribution in [3.63, 3.8) is 0 Å². The van der Waals surface area contributed by atoms with Crippen LogP contribution >= 0.6 is 38.9 Å². The van der Waals surface area contributed by atoms with E-state index in [4.69, 9.17) is 11.6 Å². The molecule has 0 radical (unpaired) electrons. The van der Waals surface area contributed by atoms with Crippen molar-refractivity contribution in [2.75, 3.05) is 0 Å². The zero-order chi connectivity index (χ0) is 8.72. The molecular weight excluding hydrogens is 265 g/mol.